The quantitative estimate of drug-likeness (QED) is 0.0775. The van der Waals surface area contributed by atoms with Crippen molar-refractivity contribution in [3.8, 4) is 34.0 Å². The van der Waals surface area contributed by atoms with Crippen molar-refractivity contribution in [2.75, 3.05) is 99.4 Å². The number of ether oxygens (including phenoxy) is 2. The van der Waals surface area contributed by atoms with Crippen molar-refractivity contribution in [2.24, 2.45) is 0 Å². The van der Waals surface area contributed by atoms with E-state index >= 15 is 0 Å². The fraction of sp³-hybridized carbons (Fsp3) is 0.378. The highest BCUT2D eigenvalue weighted by Gasteiger charge is 2.29. The van der Waals surface area contributed by atoms with Gasteiger partial charge >= 0.3 is 0 Å². The first kappa shape index (κ1) is 40.6. The van der Waals surface area contributed by atoms with Gasteiger partial charge in [-0.1, -0.05) is 0 Å². The van der Waals surface area contributed by atoms with E-state index < -0.39 is 0 Å². The topological polar surface area (TPSA) is 146 Å². The molecular formula is C45H55N11O4. The molecule has 2 aliphatic heterocycles. The van der Waals surface area contributed by atoms with Crippen LogP contribution >= 0.6 is 0 Å². The number of hydrogen-bond donors (Lipinski definition) is 4. The molecule has 0 atom stereocenters. The lowest BCUT2D eigenvalue weighted by molar-refractivity contribution is 0.0946. The van der Waals surface area contributed by atoms with Crippen molar-refractivity contribution in [2.45, 2.75) is 25.9 Å². The molecule has 2 aliphatic rings. The second-order valence-electron chi connectivity index (χ2n) is 16.1. The van der Waals surface area contributed by atoms with Crippen LogP contribution in [0.2, 0.25) is 0 Å². The van der Waals surface area contributed by atoms with Gasteiger partial charge in [0.15, 0.2) is 0 Å². The molecule has 0 saturated heterocycles. The standard InChI is InChI=1S/C45H55N11O4/c1-52(2)22-24-55-36-16-12-30(40-38(36)42(50-55)32-26-28(59-6)10-14-34(32)48-40)44(57)46-18-8-20-54(5)21-9-19-47-45(58)31-13-17-37-39-41(31)49-35-15-11-29(60-7)27-33(35)43(39)51-56(37)25-23-53(3)4/h10-17,26-27,48-49H,8-9,18-25H2,1-7H3,(H,46,57)(H,47,58). The van der Waals surface area contributed by atoms with Gasteiger partial charge in [0.2, 0.25) is 0 Å². The van der Waals surface area contributed by atoms with Gasteiger partial charge in [0.25, 0.3) is 11.8 Å². The van der Waals surface area contributed by atoms with Crippen molar-refractivity contribution >= 4 is 56.4 Å². The Hall–Kier alpha value is -6.16. The number of amides is 2. The summed E-state index contributed by atoms with van der Waals surface area (Å²) in [6.45, 7) is 5.77. The third kappa shape index (κ3) is 7.95. The summed E-state index contributed by atoms with van der Waals surface area (Å²) in [5.74, 6) is 1.25. The van der Waals surface area contributed by atoms with E-state index in [9.17, 15) is 9.59 Å². The van der Waals surface area contributed by atoms with Gasteiger partial charge in [-0.15, -0.1) is 0 Å². The Morgan fingerprint density at radius 2 is 1.05 bits per heavy atom. The van der Waals surface area contributed by atoms with Crippen LogP contribution in [0.1, 0.15) is 33.6 Å². The molecule has 60 heavy (non-hydrogen) atoms. The molecule has 4 N–H and O–H groups in total. The van der Waals surface area contributed by atoms with Gasteiger partial charge in [-0.3, -0.25) is 19.0 Å². The van der Waals surface area contributed by atoms with E-state index in [1.165, 1.54) is 0 Å². The summed E-state index contributed by atoms with van der Waals surface area (Å²) in [6, 6.07) is 19.5. The number of benzene rings is 4. The van der Waals surface area contributed by atoms with Crippen LogP contribution in [0.5, 0.6) is 11.5 Å². The highest BCUT2D eigenvalue weighted by Crippen LogP contribution is 2.47. The number of hydrogen-bond acceptors (Lipinski definition) is 11. The normalized spacial score (nSPS) is 12.4. The monoisotopic (exact) mass is 813 g/mol. The van der Waals surface area contributed by atoms with Crippen LogP contribution in [0.4, 0.5) is 22.7 Å². The molecule has 0 saturated carbocycles. The summed E-state index contributed by atoms with van der Waals surface area (Å²) in [6.07, 6.45) is 1.56. The molecule has 4 aromatic carbocycles. The number of rotatable bonds is 18. The molecule has 0 bridgehead atoms. The number of carbonyl (C=O) groups excluding carboxylic acids is 2. The van der Waals surface area contributed by atoms with Crippen LogP contribution in [-0.2, 0) is 13.1 Å². The Balaban J connectivity index is 0.861. The van der Waals surface area contributed by atoms with Crippen molar-refractivity contribution in [1.29, 1.82) is 0 Å². The zero-order valence-corrected chi connectivity index (χ0v) is 35.6. The zero-order chi connectivity index (χ0) is 42.1. The molecule has 0 unspecified atom stereocenters. The van der Waals surface area contributed by atoms with Crippen LogP contribution in [-0.4, -0.2) is 135 Å². The molecule has 2 amide bonds. The first-order chi connectivity index (χ1) is 29.0. The lowest BCUT2D eigenvalue weighted by Gasteiger charge is -2.21. The smallest absolute Gasteiger partial charge is 0.253 e. The first-order valence-electron chi connectivity index (χ1n) is 20.6. The van der Waals surface area contributed by atoms with Crippen molar-refractivity contribution in [3.63, 3.8) is 0 Å². The van der Waals surface area contributed by atoms with Gasteiger partial charge in [0.1, 0.15) is 22.9 Å². The summed E-state index contributed by atoms with van der Waals surface area (Å²) in [4.78, 5) is 33.9. The third-order valence-corrected chi connectivity index (χ3v) is 11.3. The minimum atomic E-state index is -0.128. The fourth-order valence-electron chi connectivity index (χ4n) is 8.07. The average Bonchev–Trinajstić information content (AvgIpc) is 3.82. The summed E-state index contributed by atoms with van der Waals surface area (Å²) < 4.78 is 15.1. The van der Waals surface area contributed by atoms with E-state index in [2.05, 4.69) is 43.0 Å². The van der Waals surface area contributed by atoms with Crippen LogP contribution in [0.15, 0.2) is 60.7 Å². The molecule has 6 aromatic rings. The second-order valence-corrected chi connectivity index (χ2v) is 16.1. The SMILES string of the molecule is COc1ccc2c(c1)-c1nn(CCN(C)C)c3ccc(C(=O)NCCCN(C)CCCNC(=O)c4ccc5c6c(nn5CCN(C)C)-c5cc(OC)ccc5Nc46)c(c13)N2. The Morgan fingerprint density at radius 3 is 1.45 bits per heavy atom. The number of anilines is 4. The number of carbonyl (C=O) groups is 2. The minimum absolute atomic E-state index is 0.128. The summed E-state index contributed by atoms with van der Waals surface area (Å²) in [5, 5.41) is 25.3. The van der Waals surface area contributed by atoms with Gasteiger partial charge in [-0.25, -0.2) is 0 Å². The van der Waals surface area contributed by atoms with Crippen LogP contribution in [0, 0.1) is 0 Å². The largest absolute Gasteiger partial charge is 0.497 e. The lowest BCUT2D eigenvalue weighted by Crippen LogP contribution is -2.31. The Bertz CT molecular complexity index is 2400. The van der Waals surface area contributed by atoms with E-state index in [4.69, 9.17) is 19.7 Å². The lowest BCUT2D eigenvalue weighted by atomic mass is 9.97. The van der Waals surface area contributed by atoms with Gasteiger partial charge in [-0.05, 0) is 122 Å². The average molecular weight is 814 g/mol. The minimum Gasteiger partial charge on any atom is -0.497 e. The van der Waals surface area contributed by atoms with E-state index in [1.807, 2.05) is 98.2 Å². The van der Waals surface area contributed by atoms with E-state index in [0.717, 1.165) is 131 Å². The van der Waals surface area contributed by atoms with Crippen LogP contribution in [0.25, 0.3) is 44.3 Å². The molecule has 8 rings (SSSR count). The maximum absolute atomic E-state index is 13.7. The molecule has 0 fully saturated rings. The van der Waals surface area contributed by atoms with E-state index in [-0.39, 0.29) is 11.8 Å². The summed E-state index contributed by atoms with van der Waals surface area (Å²) in [7, 11) is 13.6. The Labute approximate surface area is 350 Å². The molecule has 2 aromatic heterocycles. The van der Waals surface area contributed by atoms with E-state index in [0.29, 0.717) is 24.2 Å². The molecule has 15 nitrogen and oxygen atoms in total. The van der Waals surface area contributed by atoms with Gasteiger partial charge in [0.05, 0.1) is 71.6 Å². The predicted molar refractivity (Wildman–Crippen MR) is 239 cm³/mol. The van der Waals surface area contributed by atoms with Crippen LogP contribution < -0.4 is 30.7 Å². The third-order valence-electron chi connectivity index (χ3n) is 11.3. The van der Waals surface area contributed by atoms with Gasteiger partial charge in [0, 0.05) is 48.7 Å². The molecule has 314 valence electrons. The van der Waals surface area contributed by atoms with Crippen molar-refractivity contribution in [1.82, 2.24) is 44.9 Å². The number of nitrogens with zero attached hydrogens (tertiary/aromatic N) is 7. The maximum Gasteiger partial charge on any atom is 0.253 e. The van der Waals surface area contributed by atoms with Gasteiger partial charge < -0.3 is 45.4 Å². The highest BCUT2D eigenvalue weighted by molar-refractivity contribution is 6.17. The molecule has 0 radical (unpaired) electrons. The fourth-order valence-corrected chi connectivity index (χ4v) is 8.07. The number of aromatic nitrogens is 4. The molecule has 0 spiro atoms. The molecule has 15 heteroatoms. The molecule has 0 aliphatic carbocycles. The maximum atomic E-state index is 13.7. The number of likely N-dealkylation sites (N-methyl/N-ethyl adjacent to an activating group) is 2. The Kier molecular flexibility index (Phi) is 11.6. The Morgan fingerprint density at radius 1 is 0.617 bits per heavy atom. The first-order valence-corrected chi connectivity index (χ1v) is 20.6. The van der Waals surface area contributed by atoms with Gasteiger partial charge in [-0.2, -0.15) is 10.2 Å². The molecule has 4 heterocycles. The number of methoxy groups -OCH3 is 2. The van der Waals surface area contributed by atoms with Crippen LogP contribution in [0.3, 0.4) is 0 Å². The van der Waals surface area contributed by atoms with Crippen molar-refractivity contribution in [3.05, 3.63) is 71.8 Å². The summed E-state index contributed by atoms with van der Waals surface area (Å²) in [5.41, 5.74) is 10.0. The predicted octanol–water partition coefficient (Wildman–Crippen LogP) is 5.85. The number of fused-ring (bicyclic) bond motifs is 4. The highest BCUT2D eigenvalue weighted by atomic mass is 16.5. The summed E-state index contributed by atoms with van der Waals surface area (Å²) >= 11 is 0. The zero-order valence-electron chi connectivity index (χ0n) is 35.6. The second kappa shape index (κ2) is 17.2. The molecular weight excluding hydrogens is 759 g/mol. The number of nitrogens with one attached hydrogen (secondary N) is 4. The van der Waals surface area contributed by atoms with Crippen molar-refractivity contribution < 1.29 is 19.1 Å². The van der Waals surface area contributed by atoms with E-state index in [1.54, 1.807) is 14.2 Å².